The van der Waals surface area contributed by atoms with E-state index in [9.17, 15) is 4.79 Å². The van der Waals surface area contributed by atoms with Gasteiger partial charge in [-0.3, -0.25) is 0 Å². The number of nitrogens with zero attached hydrogens (tertiary/aromatic N) is 4. The lowest BCUT2D eigenvalue weighted by Crippen LogP contribution is -2.54. The third-order valence-electron chi connectivity index (χ3n) is 6.60. The summed E-state index contributed by atoms with van der Waals surface area (Å²) in [6.07, 6.45) is 6.01. The van der Waals surface area contributed by atoms with Crippen LogP contribution in [0.25, 0.3) is 11.0 Å². The molecule has 6 nitrogen and oxygen atoms in total. The van der Waals surface area contributed by atoms with Crippen molar-refractivity contribution < 1.29 is 4.79 Å². The summed E-state index contributed by atoms with van der Waals surface area (Å²) in [6.45, 7) is 3.85. The Hall–Kier alpha value is -3.02. The number of imidazole rings is 1. The van der Waals surface area contributed by atoms with Crippen LogP contribution in [-0.4, -0.2) is 52.7 Å². The van der Waals surface area contributed by atoms with Crippen molar-refractivity contribution in [2.75, 3.05) is 31.1 Å². The van der Waals surface area contributed by atoms with Crippen LogP contribution in [0.15, 0.2) is 54.6 Å². The molecule has 0 spiro atoms. The molecule has 5 rings (SSSR count). The van der Waals surface area contributed by atoms with Crippen molar-refractivity contribution in [1.29, 1.82) is 0 Å². The average molecular weight is 418 g/mol. The topological polar surface area (TPSA) is 53.4 Å². The SMILES string of the molecule is O=C(NC1CCCCC1)N1CCN(c2nc3ccccc3n2Cc2ccccc2)CC1. The van der Waals surface area contributed by atoms with Crippen LogP contribution in [0.2, 0.25) is 0 Å². The molecule has 31 heavy (non-hydrogen) atoms. The van der Waals surface area contributed by atoms with Crippen molar-refractivity contribution in [2.24, 2.45) is 0 Å². The average Bonchev–Trinajstić information content (AvgIpc) is 3.19. The van der Waals surface area contributed by atoms with Crippen molar-refractivity contribution in [1.82, 2.24) is 19.8 Å². The number of fused-ring (bicyclic) bond motifs is 1. The molecule has 1 saturated carbocycles. The first-order valence-electron chi connectivity index (χ1n) is 11.6. The number of amides is 2. The van der Waals surface area contributed by atoms with E-state index in [4.69, 9.17) is 4.98 Å². The molecule has 2 aromatic carbocycles. The lowest BCUT2D eigenvalue weighted by atomic mass is 9.96. The number of aromatic nitrogens is 2. The highest BCUT2D eigenvalue weighted by Crippen LogP contribution is 2.25. The fraction of sp³-hybridized carbons (Fsp3) is 0.440. The van der Waals surface area contributed by atoms with Gasteiger partial charge in [0.25, 0.3) is 0 Å². The van der Waals surface area contributed by atoms with Crippen LogP contribution < -0.4 is 10.2 Å². The monoisotopic (exact) mass is 417 g/mol. The predicted molar refractivity (Wildman–Crippen MR) is 124 cm³/mol. The number of nitrogens with one attached hydrogen (secondary N) is 1. The fourth-order valence-corrected chi connectivity index (χ4v) is 4.85. The van der Waals surface area contributed by atoms with Gasteiger partial charge in [-0.2, -0.15) is 0 Å². The molecule has 0 bridgehead atoms. The number of rotatable bonds is 4. The van der Waals surface area contributed by atoms with Crippen molar-refractivity contribution in [3.05, 3.63) is 60.2 Å². The number of para-hydroxylation sites is 2. The van der Waals surface area contributed by atoms with E-state index >= 15 is 0 Å². The number of piperazine rings is 1. The molecule has 1 aromatic heterocycles. The van der Waals surface area contributed by atoms with Gasteiger partial charge in [0.1, 0.15) is 0 Å². The number of carbonyl (C=O) groups is 1. The van der Waals surface area contributed by atoms with E-state index in [1.165, 1.54) is 24.8 Å². The summed E-state index contributed by atoms with van der Waals surface area (Å²) in [7, 11) is 0. The quantitative estimate of drug-likeness (QED) is 0.691. The Labute approximate surface area is 183 Å². The number of benzene rings is 2. The van der Waals surface area contributed by atoms with E-state index in [0.29, 0.717) is 6.04 Å². The summed E-state index contributed by atoms with van der Waals surface area (Å²) in [5.74, 6) is 0.998. The van der Waals surface area contributed by atoms with E-state index < -0.39 is 0 Å². The normalized spacial score (nSPS) is 17.8. The molecule has 2 amide bonds. The summed E-state index contributed by atoms with van der Waals surface area (Å²) >= 11 is 0. The maximum absolute atomic E-state index is 12.7. The van der Waals surface area contributed by atoms with Gasteiger partial charge in [0.15, 0.2) is 0 Å². The number of anilines is 1. The summed E-state index contributed by atoms with van der Waals surface area (Å²) in [6, 6.07) is 19.3. The maximum Gasteiger partial charge on any atom is 0.317 e. The Balaban J connectivity index is 1.30. The molecule has 0 unspecified atom stereocenters. The molecule has 0 radical (unpaired) electrons. The summed E-state index contributed by atoms with van der Waals surface area (Å²) < 4.78 is 2.31. The van der Waals surface area contributed by atoms with Gasteiger partial charge in [0.05, 0.1) is 17.6 Å². The van der Waals surface area contributed by atoms with Gasteiger partial charge in [-0.25, -0.2) is 9.78 Å². The zero-order valence-corrected chi connectivity index (χ0v) is 18.0. The van der Waals surface area contributed by atoms with Crippen molar-refractivity contribution in [2.45, 2.75) is 44.7 Å². The zero-order chi connectivity index (χ0) is 21.0. The van der Waals surface area contributed by atoms with Crippen LogP contribution in [0.3, 0.4) is 0 Å². The summed E-state index contributed by atoms with van der Waals surface area (Å²) in [5, 5.41) is 3.26. The van der Waals surface area contributed by atoms with Gasteiger partial charge >= 0.3 is 6.03 Å². The molecule has 2 heterocycles. The van der Waals surface area contributed by atoms with Gasteiger partial charge in [-0.1, -0.05) is 61.7 Å². The number of hydrogen-bond donors (Lipinski definition) is 1. The first-order chi connectivity index (χ1) is 15.3. The van der Waals surface area contributed by atoms with E-state index in [2.05, 4.69) is 57.2 Å². The number of carbonyl (C=O) groups excluding carboxylic acids is 1. The highest BCUT2D eigenvalue weighted by Gasteiger charge is 2.26. The standard InChI is InChI=1S/C25H31N5O/c31-25(26-21-11-5-2-6-12-21)29-17-15-28(16-18-29)24-27-22-13-7-8-14-23(22)30(24)19-20-9-3-1-4-10-20/h1,3-4,7-10,13-14,21H,2,5-6,11-12,15-19H2,(H,26,31). The smallest absolute Gasteiger partial charge is 0.317 e. The fourth-order valence-electron chi connectivity index (χ4n) is 4.85. The van der Waals surface area contributed by atoms with Gasteiger partial charge in [-0.05, 0) is 30.5 Å². The highest BCUT2D eigenvalue weighted by atomic mass is 16.2. The maximum atomic E-state index is 12.7. The van der Waals surface area contributed by atoms with Gasteiger partial charge in [0.2, 0.25) is 5.95 Å². The largest absolute Gasteiger partial charge is 0.339 e. The first kappa shape index (κ1) is 19.9. The van der Waals surface area contributed by atoms with E-state index in [1.54, 1.807) is 0 Å². The molecular weight excluding hydrogens is 386 g/mol. The van der Waals surface area contributed by atoms with Crippen LogP contribution in [-0.2, 0) is 6.54 Å². The van der Waals surface area contributed by atoms with Crippen molar-refractivity contribution in [3.8, 4) is 0 Å². The lowest BCUT2D eigenvalue weighted by Gasteiger charge is -2.36. The Bertz CT molecular complexity index is 1020. The second-order valence-corrected chi connectivity index (χ2v) is 8.73. The van der Waals surface area contributed by atoms with Crippen LogP contribution in [0.5, 0.6) is 0 Å². The zero-order valence-electron chi connectivity index (χ0n) is 18.0. The van der Waals surface area contributed by atoms with Crippen LogP contribution in [0.4, 0.5) is 10.7 Å². The minimum Gasteiger partial charge on any atom is -0.339 e. The molecule has 0 atom stereocenters. The van der Waals surface area contributed by atoms with E-state index in [0.717, 1.165) is 62.5 Å². The van der Waals surface area contributed by atoms with Gasteiger partial charge in [0, 0.05) is 32.2 Å². The van der Waals surface area contributed by atoms with Crippen molar-refractivity contribution in [3.63, 3.8) is 0 Å². The molecule has 2 aliphatic rings. The molecule has 1 saturated heterocycles. The molecule has 1 aliphatic heterocycles. The third kappa shape index (κ3) is 4.38. The molecule has 3 aromatic rings. The molecule has 2 fully saturated rings. The Kier molecular flexibility index (Phi) is 5.78. The Morgan fingerprint density at radius 1 is 0.903 bits per heavy atom. The number of hydrogen-bond acceptors (Lipinski definition) is 3. The van der Waals surface area contributed by atoms with E-state index in [-0.39, 0.29) is 6.03 Å². The van der Waals surface area contributed by atoms with Gasteiger partial charge < -0.3 is 19.7 Å². The molecule has 6 heteroatoms. The molecule has 162 valence electrons. The predicted octanol–water partition coefficient (Wildman–Crippen LogP) is 4.25. The minimum atomic E-state index is 0.101. The first-order valence-corrected chi connectivity index (χ1v) is 11.6. The minimum absolute atomic E-state index is 0.101. The molecule has 1 N–H and O–H groups in total. The highest BCUT2D eigenvalue weighted by molar-refractivity contribution is 5.79. The van der Waals surface area contributed by atoms with Crippen molar-refractivity contribution >= 4 is 23.0 Å². The van der Waals surface area contributed by atoms with Crippen LogP contribution in [0, 0.1) is 0 Å². The second kappa shape index (κ2) is 9.00. The summed E-state index contributed by atoms with van der Waals surface area (Å²) in [4.78, 5) is 22.0. The van der Waals surface area contributed by atoms with Crippen LogP contribution in [0.1, 0.15) is 37.7 Å². The Morgan fingerprint density at radius 3 is 2.39 bits per heavy atom. The van der Waals surface area contributed by atoms with Gasteiger partial charge in [-0.15, -0.1) is 0 Å². The lowest BCUT2D eigenvalue weighted by molar-refractivity contribution is 0.186. The van der Waals surface area contributed by atoms with E-state index in [1.807, 2.05) is 17.0 Å². The third-order valence-corrected chi connectivity index (χ3v) is 6.60. The number of urea groups is 1. The molecular formula is C25H31N5O. The van der Waals surface area contributed by atoms with Crippen LogP contribution >= 0.6 is 0 Å². The Morgan fingerprint density at radius 2 is 1.61 bits per heavy atom. The summed E-state index contributed by atoms with van der Waals surface area (Å²) in [5.41, 5.74) is 3.43. The second-order valence-electron chi connectivity index (χ2n) is 8.73. The molecule has 1 aliphatic carbocycles.